The van der Waals surface area contributed by atoms with Gasteiger partial charge in [0, 0.05) is 25.2 Å². The van der Waals surface area contributed by atoms with Gasteiger partial charge in [0.15, 0.2) is 11.6 Å². The SMILES string of the molecule is O=C(Nc1ccc2c(c1)CCN(C(=O)O[C@H]1CC[C@H](Cc3nc(C(=O)O)co3)CC1)C2)Nc1ccccc1F. The molecule has 5 rings (SSSR count). The van der Waals surface area contributed by atoms with Crippen LogP contribution >= 0.6 is 0 Å². The Kier molecular flexibility index (Phi) is 7.76. The summed E-state index contributed by atoms with van der Waals surface area (Å²) in [6.07, 6.45) is 4.99. The highest BCUT2D eigenvalue weighted by molar-refractivity contribution is 5.99. The van der Waals surface area contributed by atoms with Gasteiger partial charge in [-0.25, -0.2) is 23.8 Å². The molecule has 1 fully saturated rings. The van der Waals surface area contributed by atoms with Crippen LogP contribution in [0.5, 0.6) is 0 Å². The van der Waals surface area contributed by atoms with E-state index < -0.39 is 17.8 Å². The molecule has 0 radical (unpaired) electrons. The number of anilines is 2. The Balaban J connectivity index is 1.08. The van der Waals surface area contributed by atoms with Gasteiger partial charge in [0.2, 0.25) is 0 Å². The zero-order valence-corrected chi connectivity index (χ0v) is 21.2. The number of amides is 3. The Morgan fingerprint density at radius 1 is 1.08 bits per heavy atom. The first kappa shape index (κ1) is 26.2. The molecule has 2 aromatic carbocycles. The van der Waals surface area contributed by atoms with E-state index in [9.17, 15) is 18.8 Å². The molecule has 1 aliphatic heterocycles. The van der Waals surface area contributed by atoms with Gasteiger partial charge in [0.25, 0.3) is 0 Å². The van der Waals surface area contributed by atoms with E-state index in [2.05, 4.69) is 15.6 Å². The van der Waals surface area contributed by atoms with Crippen LogP contribution in [0.4, 0.5) is 25.4 Å². The average molecular weight is 537 g/mol. The van der Waals surface area contributed by atoms with Crippen LogP contribution in [-0.2, 0) is 24.1 Å². The number of urea groups is 1. The number of benzene rings is 2. The lowest BCUT2D eigenvalue weighted by Crippen LogP contribution is -2.39. The van der Waals surface area contributed by atoms with Gasteiger partial charge in [-0.15, -0.1) is 0 Å². The maximum atomic E-state index is 13.8. The number of carboxylic acids is 1. The molecule has 0 unspecified atom stereocenters. The molecular weight excluding hydrogens is 507 g/mol. The molecule has 1 aromatic heterocycles. The third kappa shape index (κ3) is 6.54. The van der Waals surface area contributed by atoms with Crippen LogP contribution < -0.4 is 10.6 Å². The first-order chi connectivity index (χ1) is 18.8. The molecule has 204 valence electrons. The summed E-state index contributed by atoms with van der Waals surface area (Å²) in [6.45, 7) is 0.920. The molecular formula is C28H29FN4O6. The Morgan fingerprint density at radius 3 is 2.62 bits per heavy atom. The number of hydrogen-bond donors (Lipinski definition) is 3. The number of halogens is 1. The fraction of sp³-hybridized carbons (Fsp3) is 0.357. The number of carbonyl (C=O) groups is 3. The fourth-order valence-electron chi connectivity index (χ4n) is 5.05. The number of hydrogen-bond acceptors (Lipinski definition) is 6. The number of ether oxygens (including phenoxy) is 1. The average Bonchev–Trinajstić information content (AvgIpc) is 3.40. The summed E-state index contributed by atoms with van der Waals surface area (Å²) in [5.74, 6) is -0.898. The minimum Gasteiger partial charge on any atom is -0.476 e. The second kappa shape index (κ2) is 11.5. The van der Waals surface area contributed by atoms with Crippen LogP contribution in [-0.4, -0.2) is 45.7 Å². The Bertz CT molecular complexity index is 1370. The molecule has 3 aromatic rings. The van der Waals surface area contributed by atoms with Crippen molar-refractivity contribution in [1.29, 1.82) is 0 Å². The van der Waals surface area contributed by atoms with Crippen molar-refractivity contribution in [1.82, 2.24) is 9.88 Å². The van der Waals surface area contributed by atoms with Crippen LogP contribution in [0.15, 0.2) is 53.1 Å². The fourth-order valence-corrected chi connectivity index (χ4v) is 5.05. The van der Waals surface area contributed by atoms with E-state index in [4.69, 9.17) is 14.3 Å². The molecule has 1 aliphatic carbocycles. The summed E-state index contributed by atoms with van der Waals surface area (Å²) in [4.78, 5) is 41.8. The van der Waals surface area contributed by atoms with Crippen molar-refractivity contribution in [3.05, 3.63) is 77.3 Å². The van der Waals surface area contributed by atoms with Crippen molar-refractivity contribution in [3.8, 4) is 0 Å². The Hall–Kier alpha value is -4.41. The molecule has 0 atom stereocenters. The summed E-state index contributed by atoms with van der Waals surface area (Å²) in [6, 6.07) is 10.9. The van der Waals surface area contributed by atoms with Crippen molar-refractivity contribution < 1.29 is 33.0 Å². The largest absolute Gasteiger partial charge is 0.476 e. The van der Waals surface area contributed by atoms with E-state index in [1.807, 2.05) is 12.1 Å². The van der Waals surface area contributed by atoms with Crippen LogP contribution in [0.1, 0.15) is 53.2 Å². The number of nitrogens with one attached hydrogen (secondary N) is 2. The molecule has 0 spiro atoms. The van der Waals surface area contributed by atoms with Crippen LogP contribution in [0.2, 0.25) is 0 Å². The Labute approximate surface area is 224 Å². The van der Waals surface area contributed by atoms with Gasteiger partial charge < -0.3 is 29.8 Å². The standard InChI is InChI=1S/C28H29FN4O6/c29-22-3-1-2-4-23(22)32-27(36)30-20-8-7-19-15-33(12-11-18(19)14-20)28(37)39-21-9-5-17(6-10-21)13-25-31-24(16-38-25)26(34)35/h1-4,7-8,14,16-17,21H,5-6,9-13,15H2,(H,34,35)(H2,30,32,36)/t17-,21-. The van der Waals surface area contributed by atoms with E-state index in [1.165, 1.54) is 12.1 Å². The van der Waals surface area contributed by atoms with Gasteiger partial charge in [-0.1, -0.05) is 18.2 Å². The van der Waals surface area contributed by atoms with Gasteiger partial charge in [0.05, 0.1) is 5.69 Å². The van der Waals surface area contributed by atoms with Crippen molar-refractivity contribution >= 4 is 29.5 Å². The minimum absolute atomic E-state index is 0.0894. The zero-order chi connectivity index (χ0) is 27.4. The maximum Gasteiger partial charge on any atom is 0.410 e. The lowest BCUT2D eigenvalue weighted by atomic mass is 9.85. The summed E-state index contributed by atoms with van der Waals surface area (Å²) < 4.78 is 24.8. The van der Waals surface area contributed by atoms with E-state index >= 15 is 0 Å². The van der Waals surface area contributed by atoms with E-state index in [0.29, 0.717) is 43.4 Å². The van der Waals surface area contributed by atoms with E-state index in [-0.39, 0.29) is 23.6 Å². The predicted octanol–water partition coefficient (Wildman–Crippen LogP) is 5.45. The molecule has 2 aliphatic rings. The van der Waals surface area contributed by atoms with Crippen molar-refractivity contribution in [3.63, 3.8) is 0 Å². The van der Waals surface area contributed by atoms with Crippen molar-refractivity contribution in [2.45, 2.75) is 51.2 Å². The van der Waals surface area contributed by atoms with Gasteiger partial charge in [-0.05, 0) is 73.4 Å². The first-order valence-electron chi connectivity index (χ1n) is 12.9. The van der Waals surface area contributed by atoms with Gasteiger partial charge in [-0.2, -0.15) is 0 Å². The van der Waals surface area contributed by atoms with E-state index in [0.717, 1.165) is 43.1 Å². The molecule has 11 heteroatoms. The number of carboxylic acid groups (broad SMARTS) is 1. The highest BCUT2D eigenvalue weighted by atomic mass is 19.1. The number of nitrogens with zero attached hydrogens (tertiary/aromatic N) is 2. The van der Waals surface area contributed by atoms with Gasteiger partial charge in [-0.3, -0.25) is 0 Å². The predicted molar refractivity (Wildman–Crippen MR) is 139 cm³/mol. The minimum atomic E-state index is -1.11. The number of oxazole rings is 1. The molecule has 39 heavy (non-hydrogen) atoms. The van der Waals surface area contributed by atoms with E-state index in [1.54, 1.807) is 23.1 Å². The third-order valence-electron chi connectivity index (χ3n) is 7.15. The smallest absolute Gasteiger partial charge is 0.410 e. The van der Waals surface area contributed by atoms with Gasteiger partial charge in [0.1, 0.15) is 18.2 Å². The molecule has 10 nitrogen and oxygen atoms in total. The second-order valence-electron chi connectivity index (χ2n) is 9.88. The monoisotopic (exact) mass is 536 g/mol. The normalized spacial score (nSPS) is 18.6. The highest BCUT2D eigenvalue weighted by Gasteiger charge is 2.29. The summed E-state index contributed by atoms with van der Waals surface area (Å²) in [5, 5.41) is 14.2. The molecule has 3 amide bonds. The molecule has 3 N–H and O–H groups in total. The molecule has 0 bridgehead atoms. The highest BCUT2D eigenvalue weighted by Crippen LogP contribution is 2.30. The lowest BCUT2D eigenvalue weighted by Gasteiger charge is -2.32. The van der Waals surface area contributed by atoms with Crippen LogP contribution in [0.3, 0.4) is 0 Å². The first-order valence-corrected chi connectivity index (χ1v) is 12.9. The number of fused-ring (bicyclic) bond motifs is 1. The third-order valence-corrected chi connectivity index (χ3v) is 7.15. The zero-order valence-electron chi connectivity index (χ0n) is 21.2. The topological polar surface area (TPSA) is 134 Å². The number of carbonyl (C=O) groups excluding carboxylic acids is 2. The quantitative estimate of drug-likeness (QED) is 0.381. The lowest BCUT2D eigenvalue weighted by molar-refractivity contribution is 0.0346. The maximum absolute atomic E-state index is 13.8. The second-order valence-corrected chi connectivity index (χ2v) is 9.88. The number of para-hydroxylation sites is 1. The number of rotatable bonds is 6. The Morgan fingerprint density at radius 2 is 1.87 bits per heavy atom. The number of aromatic carboxylic acids is 1. The van der Waals surface area contributed by atoms with Crippen molar-refractivity contribution in [2.24, 2.45) is 5.92 Å². The molecule has 1 saturated carbocycles. The number of aromatic nitrogens is 1. The summed E-state index contributed by atoms with van der Waals surface area (Å²) >= 11 is 0. The summed E-state index contributed by atoms with van der Waals surface area (Å²) in [5.41, 5.74) is 2.60. The summed E-state index contributed by atoms with van der Waals surface area (Å²) in [7, 11) is 0. The van der Waals surface area contributed by atoms with Crippen molar-refractivity contribution in [2.75, 3.05) is 17.2 Å². The molecule has 0 saturated heterocycles. The van der Waals surface area contributed by atoms with Crippen LogP contribution in [0, 0.1) is 11.7 Å². The van der Waals surface area contributed by atoms with Crippen LogP contribution in [0.25, 0.3) is 0 Å². The van der Waals surface area contributed by atoms with Gasteiger partial charge >= 0.3 is 18.1 Å². The molecule has 2 heterocycles.